The molecule has 1 aliphatic rings. The lowest BCUT2D eigenvalue weighted by Gasteiger charge is -2.36. The van der Waals surface area contributed by atoms with Crippen LogP contribution in [0.3, 0.4) is 0 Å². The van der Waals surface area contributed by atoms with Gasteiger partial charge in [0.2, 0.25) is 0 Å². The molecular formula is C42H31N3O. The molecule has 0 saturated carbocycles. The fraction of sp³-hybridized carbons (Fsp3) is 0.0714. The highest BCUT2D eigenvalue weighted by Crippen LogP contribution is 2.53. The van der Waals surface area contributed by atoms with Crippen LogP contribution in [0.25, 0.3) is 56.4 Å². The van der Waals surface area contributed by atoms with E-state index in [9.17, 15) is 0 Å². The summed E-state index contributed by atoms with van der Waals surface area (Å²) in [5, 5.41) is 0. The second-order valence-corrected chi connectivity index (χ2v) is 12.1. The van der Waals surface area contributed by atoms with Crippen LogP contribution in [-0.2, 0) is 5.41 Å². The monoisotopic (exact) mass is 593 g/mol. The number of hydrogen-bond acceptors (Lipinski definition) is 4. The number of ether oxygens (including phenoxy) is 1. The minimum atomic E-state index is -0.259. The molecule has 0 aliphatic carbocycles. The van der Waals surface area contributed by atoms with Crippen LogP contribution < -0.4 is 4.74 Å². The van der Waals surface area contributed by atoms with Crippen molar-refractivity contribution < 1.29 is 4.74 Å². The Balaban J connectivity index is 1.26. The third-order valence-electron chi connectivity index (χ3n) is 8.80. The third-order valence-corrected chi connectivity index (χ3v) is 8.80. The highest BCUT2D eigenvalue weighted by Gasteiger charge is 2.36. The summed E-state index contributed by atoms with van der Waals surface area (Å²) in [6, 6.07) is 51.9. The van der Waals surface area contributed by atoms with Crippen LogP contribution in [0.4, 0.5) is 0 Å². The van der Waals surface area contributed by atoms with Crippen LogP contribution in [0.1, 0.15) is 25.0 Å². The quantitative estimate of drug-likeness (QED) is 0.199. The number of hydrogen-bond donors (Lipinski definition) is 0. The van der Waals surface area contributed by atoms with Gasteiger partial charge >= 0.3 is 0 Å². The van der Waals surface area contributed by atoms with Crippen LogP contribution in [-0.4, -0.2) is 15.0 Å². The lowest BCUT2D eigenvalue weighted by atomic mass is 9.74. The average Bonchev–Trinajstić information content (AvgIpc) is 3.12. The van der Waals surface area contributed by atoms with Crippen LogP contribution in [0.15, 0.2) is 152 Å². The number of fused-ring (bicyclic) bond motifs is 2. The van der Waals surface area contributed by atoms with E-state index in [4.69, 9.17) is 19.7 Å². The lowest BCUT2D eigenvalue weighted by Crippen LogP contribution is -2.25. The van der Waals surface area contributed by atoms with E-state index in [0.717, 1.165) is 56.0 Å². The Hall–Kier alpha value is -5.87. The highest BCUT2D eigenvalue weighted by molar-refractivity contribution is 5.82. The number of aromatic nitrogens is 3. The first-order chi connectivity index (χ1) is 22.6. The van der Waals surface area contributed by atoms with E-state index in [-0.39, 0.29) is 5.41 Å². The van der Waals surface area contributed by atoms with Crippen molar-refractivity contribution in [2.24, 2.45) is 0 Å². The van der Waals surface area contributed by atoms with E-state index in [2.05, 4.69) is 98.8 Å². The maximum absolute atomic E-state index is 6.94. The predicted octanol–water partition coefficient (Wildman–Crippen LogP) is 10.6. The Kier molecular flexibility index (Phi) is 6.76. The van der Waals surface area contributed by atoms with E-state index in [1.54, 1.807) is 0 Å². The summed E-state index contributed by atoms with van der Waals surface area (Å²) in [6.45, 7) is 4.56. The summed E-state index contributed by atoms with van der Waals surface area (Å²) in [6.07, 6.45) is 0. The molecule has 4 nitrogen and oxygen atoms in total. The second kappa shape index (κ2) is 11.2. The molecule has 8 rings (SSSR count). The topological polar surface area (TPSA) is 47.9 Å². The maximum Gasteiger partial charge on any atom is 0.164 e. The Morgan fingerprint density at radius 1 is 0.391 bits per heavy atom. The molecule has 0 radical (unpaired) electrons. The van der Waals surface area contributed by atoms with Gasteiger partial charge in [-0.1, -0.05) is 159 Å². The van der Waals surface area contributed by atoms with Crippen molar-refractivity contribution in [3.05, 3.63) is 163 Å². The van der Waals surface area contributed by atoms with Crippen LogP contribution >= 0.6 is 0 Å². The lowest BCUT2D eigenvalue weighted by molar-refractivity contribution is 0.421. The molecule has 4 heteroatoms. The summed E-state index contributed by atoms with van der Waals surface area (Å²) in [5.74, 6) is 3.69. The van der Waals surface area contributed by atoms with E-state index in [1.807, 2.05) is 66.7 Å². The van der Waals surface area contributed by atoms with Gasteiger partial charge in [0.25, 0.3) is 0 Å². The molecule has 0 atom stereocenters. The zero-order chi connectivity index (χ0) is 31.1. The Bertz CT molecular complexity index is 2140. The van der Waals surface area contributed by atoms with Crippen molar-refractivity contribution in [3.8, 4) is 67.9 Å². The van der Waals surface area contributed by atoms with Gasteiger partial charge in [-0.3, -0.25) is 0 Å². The van der Waals surface area contributed by atoms with Crippen molar-refractivity contribution >= 4 is 0 Å². The molecule has 7 aromatic rings. The summed E-state index contributed by atoms with van der Waals surface area (Å²) in [7, 11) is 0. The Labute approximate surface area is 269 Å². The fourth-order valence-electron chi connectivity index (χ4n) is 6.36. The zero-order valence-electron chi connectivity index (χ0n) is 25.7. The molecule has 1 aliphatic heterocycles. The highest BCUT2D eigenvalue weighted by atomic mass is 16.5. The van der Waals surface area contributed by atoms with Gasteiger partial charge in [0.15, 0.2) is 17.5 Å². The number of para-hydroxylation sites is 2. The molecule has 0 fully saturated rings. The summed E-state index contributed by atoms with van der Waals surface area (Å²) in [4.78, 5) is 14.8. The first-order valence-electron chi connectivity index (χ1n) is 15.5. The Morgan fingerprint density at radius 2 is 0.783 bits per heavy atom. The molecule has 0 bridgehead atoms. The van der Waals surface area contributed by atoms with E-state index < -0.39 is 0 Å². The van der Waals surface area contributed by atoms with Crippen molar-refractivity contribution in [2.75, 3.05) is 0 Å². The molecule has 0 unspecified atom stereocenters. The first-order valence-corrected chi connectivity index (χ1v) is 15.5. The van der Waals surface area contributed by atoms with Gasteiger partial charge in [-0.2, -0.15) is 0 Å². The van der Waals surface area contributed by atoms with E-state index in [1.165, 1.54) is 5.56 Å². The van der Waals surface area contributed by atoms with Gasteiger partial charge < -0.3 is 4.74 Å². The van der Waals surface area contributed by atoms with Gasteiger partial charge in [-0.25, -0.2) is 15.0 Å². The summed E-state index contributed by atoms with van der Waals surface area (Å²) in [5.41, 5.74) is 9.17. The van der Waals surface area contributed by atoms with Gasteiger partial charge in [0.1, 0.15) is 11.5 Å². The standard InChI is InChI=1S/C42H31N3O/c1-42(2)35-25-13-23-33(28-15-6-3-7-16-28)37(35)46-38-34(24-14-26-36(38)42)31-21-12-22-32(27-31)41-44-39(29-17-8-4-9-18-29)43-40(45-41)30-19-10-5-11-20-30/h3-27H,1-2H3. The van der Waals surface area contributed by atoms with Crippen molar-refractivity contribution in [3.63, 3.8) is 0 Å². The van der Waals surface area contributed by atoms with Crippen molar-refractivity contribution in [2.45, 2.75) is 19.3 Å². The Morgan fingerprint density at radius 3 is 1.30 bits per heavy atom. The zero-order valence-corrected chi connectivity index (χ0v) is 25.7. The second-order valence-electron chi connectivity index (χ2n) is 12.1. The molecule has 0 N–H and O–H groups in total. The summed E-state index contributed by atoms with van der Waals surface area (Å²) >= 11 is 0. The van der Waals surface area contributed by atoms with E-state index in [0.29, 0.717) is 17.5 Å². The summed E-state index contributed by atoms with van der Waals surface area (Å²) < 4.78 is 6.94. The van der Waals surface area contributed by atoms with Crippen molar-refractivity contribution in [1.82, 2.24) is 15.0 Å². The molecular weight excluding hydrogens is 562 g/mol. The normalized spacial score (nSPS) is 12.9. The first kappa shape index (κ1) is 27.7. The molecule has 220 valence electrons. The minimum Gasteiger partial charge on any atom is -0.455 e. The molecule has 1 aromatic heterocycles. The van der Waals surface area contributed by atoms with Gasteiger partial charge in [0.05, 0.1) is 0 Å². The molecule has 46 heavy (non-hydrogen) atoms. The van der Waals surface area contributed by atoms with Crippen LogP contribution in [0.2, 0.25) is 0 Å². The number of nitrogens with zero attached hydrogens (tertiary/aromatic N) is 3. The third kappa shape index (κ3) is 4.85. The smallest absolute Gasteiger partial charge is 0.164 e. The molecule has 0 saturated heterocycles. The van der Waals surface area contributed by atoms with Crippen molar-refractivity contribution in [1.29, 1.82) is 0 Å². The average molecular weight is 594 g/mol. The SMILES string of the molecule is CC1(C)c2cccc(-c3ccccc3)c2Oc2c(-c3cccc(-c4nc(-c5ccccc5)nc(-c5ccccc5)n4)c3)cccc21. The minimum absolute atomic E-state index is 0.259. The van der Waals surface area contributed by atoms with Crippen LogP contribution in [0.5, 0.6) is 11.5 Å². The predicted molar refractivity (Wildman–Crippen MR) is 186 cm³/mol. The van der Waals surface area contributed by atoms with Gasteiger partial charge in [0, 0.05) is 44.4 Å². The van der Waals surface area contributed by atoms with Gasteiger partial charge in [-0.15, -0.1) is 0 Å². The molecule has 0 amide bonds. The maximum atomic E-state index is 6.94. The number of rotatable bonds is 5. The largest absolute Gasteiger partial charge is 0.455 e. The molecule has 0 spiro atoms. The fourth-order valence-corrected chi connectivity index (χ4v) is 6.36. The molecule has 6 aromatic carbocycles. The molecule has 2 heterocycles. The van der Waals surface area contributed by atoms with Crippen LogP contribution in [0, 0.1) is 0 Å². The number of benzene rings is 6. The van der Waals surface area contributed by atoms with Gasteiger partial charge in [-0.05, 0) is 17.2 Å². The van der Waals surface area contributed by atoms with E-state index >= 15 is 0 Å².